The average molecular weight is 649 g/mol. The molecule has 2 nitrogen and oxygen atoms in total. The summed E-state index contributed by atoms with van der Waals surface area (Å²) in [6, 6.07) is 9.35. The van der Waals surface area contributed by atoms with Gasteiger partial charge in [0.15, 0.2) is 0 Å². The third-order valence-corrected chi connectivity index (χ3v) is 22.3. The van der Waals surface area contributed by atoms with Crippen LogP contribution in [0.1, 0.15) is 101 Å². The molecule has 1 aromatic rings. The second kappa shape index (κ2) is 11.4. The molecule has 2 saturated heterocycles. The monoisotopic (exact) mass is 648 g/mol. The summed E-state index contributed by atoms with van der Waals surface area (Å²) in [5.74, 6) is 8.69. The Hall–Kier alpha value is 0.217. The van der Waals surface area contributed by atoms with E-state index in [2.05, 4.69) is 57.7 Å². The third kappa shape index (κ3) is 5.05. The molecular weight excluding hydrogens is 586 g/mol. The Morgan fingerprint density at radius 3 is 1.55 bits per heavy atom. The van der Waals surface area contributed by atoms with Crippen LogP contribution in [0.4, 0.5) is 0 Å². The van der Waals surface area contributed by atoms with Gasteiger partial charge in [-0.3, -0.25) is 0 Å². The Labute approximate surface area is 274 Å². The summed E-state index contributed by atoms with van der Waals surface area (Å²) < 4.78 is 0. The third-order valence-electron chi connectivity index (χ3n) is 15.2. The van der Waals surface area contributed by atoms with E-state index in [9.17, 15) is 0 Å². The Morgan fingerprint density at radius 2 is 1.16 bits per heavy atom. The highest BCUT2D eigenvalue weighted by Gasteiger charge is 2.57. The smallest absolute Gasteiger partial charge is 0.0776 e. The molecule has 5 heteroatoms. The Kier molecular flexibility index (Phi) is 7.84. The van der Waals surface area contributed by atoms with Gasteiger partial charge in [-0.1, -0.05) is 50.9 Å². The van der Waals surface area contributed by atoms with Crippen molar-refractivity contribution in [1.82, 2.24) is 10.6 Å². The fourth-order valence-corrected chi connectivity index (χ4v) is 20.5. The summed E-state index contributed by atoms with van der Waals surface area (Å²) in [4.78, 5) is 0. The lowest BCUT2D eigenvalue weighted by Gasteiger charge is -2.62. The molecule has 10 aliphatic rings. The second-order valence-electron chi connectivity index (χ2n) is 18.9. The minimum Gasteiger partial charge on any atom is -0.313 e. The van der Waals surface area contributed by atoms with Crippen molar-refractivity contribution in [3.63, 3.8) is 0 Å². The maximum atomic E-state index is 4.08. The van der Waals surface area contributed by atoms with Crippen LogP contribution in [0.3, 0.4) is 0 Å². The number of hydrogen-bond acceptors (Lipinski definition) is 2. The van der Waals surface area contributed by atoms with Crippen LogP contribution >= 0.6 is 17.2 Å². The maximum absolute atomic E-state index is 4.08. The average Bonchev–Trinajstić information content (AvgIpc) is 3.71. The predicted molar refractivity (Wildman–Crippen MR) is 195 cm³/mol. The van der Waals surface area contributed by atoms with Crippen molar-refractivity contribution in [1.29, 1.82) is 0 Å². The van der Waals surface area contributed by atoms with Crippen LogP contribution in [0.15, 0.2) is 18.2 Å². The molecule has 10 fully saturated rings. The highest BCUT2D eigenvalue weighted by molar-refractivity contribution is 7.58. The number of hydrogen-bond donors (Lipinski definition) is 2. The molecule has 2 aliphatic heterocycles. The van der Waals surface area contributed by atoms with E-state index in [0.29, 0.717) is 12.1 Å². The molecule has 3 atom stereocenters. The summed E-state index contributed by atoms with van der Waals surface area (Å²) >= 11 is 0. The molecule has 0 amide bonds. The fourth-order valence-electron chi connectivity index (χ4n) is 13.9. The van der Waals surface area contributed by atoms with E-state index in [1.807, 2.05) is 0 Å². The van der Waals surface area contributed by atoms with Crippen molar-refractivity contribution in [2.45, 2.75) is 144 Å². The van der Waals surface area contributed by atoms with Crippen LogP contribution in [0, 0.1) is 47.3 Å². The molecule has 8 bridgehead atoms. The summed E-state index contributed by atoms with van der Waals surface area (Å²) in [6.45, 7) is 10.1. The van der Waals surface area contributed by atoms with Gasteiger partial charge in [-0.05, 0) is 179 Å². The van der Waals surface area contributed by atoms with E-state index >= 15 is 0 Å². The topological polar surface area (TPSA) is 24.1 Å². The SMILES string of the molecule is C[Si](C)(C)c1ccc(CP(C2C3CC4CC(C3)CC2C4)C2C3CC4CC(C3)CC2C4)c(C(P)(C2CCCN2)C2CCCN2)c1. The van der Waals surface area contributed by atoms with Gasteiger partial charge in [0.2, 0.25) is 0 Å². The first-order valence-electron chi connectivity index (χ1n) is 19.4. The number of nitrogens with one attached hydrogen (secondary N) is 2. The molecule has 0 aromatic heterocycles. The molecule has 8 saturated carbocycles. The molecule has 1 aromatic carbocycles. The summed E-state index contributed by atoms with van der Waals surface area (Å²) in [5.41, 5.74) is 5.73. The molecule has 242 valence electrons. The van der Waals surface area contributed by atoms with Gasteiger partial charge in [0, 0.05) is 17.2 Å². The molecular formula is C39H62N2P2Si. The predicted octanol–water partition coefficient (Wildman–Crippen LogP) is 8.44. The van der Waals surface area contributed by atoms with Gasteiger partial charge in [0.25, 0.3) is 0 Å². The van der Waals surface area contributed by atoms with E-state index in [4.69, 9.17) is 0 Å². The molecule has 11 rings (SSSR count). The first-order valence-corrected chi connectivity index (χ1v) is 25.1. The van der Waals surface area contributed by atoms with Crippen molar-refractivity contribution in [3.8, 4) is 0 Å². The largest absolute Gasteiger partial charge is 0.313 e. The first-order chi connectivity index (χ1) is 21.2. The van der Waals surface area contributed by atoms with Crippen molar-refractivity contribution < 1.29 is 0 Å². The molecule has 44 heavy (non-hydrogen) atoms. The van der Waals surface area contributed by atoms with Crippen LogP contribution in [0.25, 0.3) is 0 Å². The standard InChI is InChI=1S/C39H62N2P2Si/c1-44(2,3)33-9-8-28(34(22-33)39(42,35-6-4-10-40-35)36-7-5-11-41-36)23-43(37-29-14-24-12-25(16-29)17-30(37)15-24)38-31-18-26-13-27(20-31)21-32(38)19-26/h8-9,22,24-27,29-32,35-38,40-41H,4-7,10-21,23,42H2,1-3H3. The van der Waals surface area contributed by atoms with Crippen LogP contribution in [-0.2, 0) is 11.3 Å². The van der Waals surface area contributed by atoms with Crippen LogP contribution in [0.2, 0.25) is 19.6 Å². The second-order valence-corrected chi connectivity index (χ2v) is 27.4. The van der Waals surface area contributed by atoms with Gasteiger partial charge in [0.05, 0.1) is 8.07 Å². The van der Waals surface area contributed by atoms with Crippen LogP contribution in [0.5, 0.6) is 0 Å². The van der Waals surface area contributed by atoms with Gasteiger partial charge in [-0.2, -0.15) is 0 Å². The summed E-state index contributed by atoms with van der Waals surface area (Å²) in [7, 11) is 2.16. The van der Waals surface area contributed by atoms with E-state index in [1.165, 1.54) is 44.9 Å². The quantitative estimate of drug-likeness (QED) is 0.218. The molecule has 2 N–H and O–H groups in total. The fraction of sp³-hybridized carbons (Fsp3) is 0.846. The molecule has 8 aliphatic carbocycles. The number of rotatable bonds is 8. The lowest BCUT2D eigenvalue weighted by atomic mass is 9.55. The lowest BCUT2D eigenvalue weighted by Crippen LogP contribution is -2.54. The maximum Gasteiger partial charge on any atom is 0.0776 e. The van der Waals surface area contributed by atoms with Crippen molar-refractivity contribution in [2.75, 3.05) is 13.1 Å². The van der Waals surface area contributed by atoms with Crippen molar-refractivity contribution in [2.24, 2.45) is 47.3 Å². The zero-order chi connectivity index (χ0) is 29.8. The zero-order valence-corrected chi connectivity index (χ0v) is 31.3. The van der Waals surface area contributed by atoms with Gasteiger partial charge in [0.1, 0.15) is 0 Å². The normalized spacial score (nSPS) is 46.1. The van der Waals surface area contributed by atoms with Gasteiger partial charge < -0.3 is 10.6 Å². The highest BCUT2D eigenvalue weighted by atomic mass is 31.1. The van der Waals surface area contributed by atoms with Crippen molar-refractivity contribution >= 4 is 30.4 Å². The Bertz CT molecular complexity index is 1110. The van der Waals surface area contributed by atoms with Gasteiger partial charge in [-0.25, -0.2) is 0 Å². The molecule has 3 unspecified atom stereocenters. The highest BCUT2D eigenvalue weighted by Crippen LogP contribution is 2.72. The summed E-state index contributed by atoms with van der Waals surface area (Å²) in [5, 5.41) is 9.95. The molecule has 0 radical (unpaired) electrons. The van der Waals surface area contributed by atoms with Gasteiger partial charge >= 0.3 is 0 Å². The minimum atomic E-state index is -1.44. The van der Waals surface area contributed by atoms with Crippen molar-refractivity contribution in [3.05, 3.63) is 29.3 Å². The molecule has 0 spiro atoms. The number of benzene rings is 1. The van der Waals surface area contributed by atoms with E-state index in [0.717, 1.165) is 58.7 Å². The minimum absolute atomic E-state index is 0.000938. The van der Waals surface area contributed by atoms with E-state index in [-0.39, 0.29) is 13.1 Å². The molecule has 2 heterocycles. The lowest BCUT2D eigenvalue weighted by molar-refractivity contribution is 0.0129. The van der Waals surface area contributed by atoms with E-state index < -0.39 is 8.07 Å². The Morgan fingerprint density at radius 1 is 0.705 bits per heavy atom. The van der Waals surface area contributed by atoms with Crippen LogP contribution in [-0.4, -0.2) is 44.6 Å². The van der Waals surface area contributed by atoms with Gasteiger partial charge in [-0.15, -0.1) is 9.24 Å². The van der Waals surface area contributed by atoms with Crippen LogP contribution < -0.4 is 15.8 Å². The first kappa shape index (κ1) is 30.3. The summed E-state index contributed by atoms with van der Waals surface area (Å²) in [6.07, 6.45) is 22.8. The Balaban J connectivity index is 1.15. The van der Waals surface area contributed by atoms with E-state index in [1.54, 1.807) is 80.5 Å². The zero-order valence-electron chi connectivity index (χ0n) is 28.2.